The minimum absolute atomic E-state index is 0.0508. The van der Waals surface area contributed by atoms with Gasteiger partial charge in [-0.15, -0.1) is 5.11 Å². The summed E-state index contributed by atoms with van der Waals surface area (Å²) >= 11 is 0. The van der Waals surface area contributed by atoms with E-state index in [2.05, 4.69) is 10.3 Å². The molecule has 0 bridgehead atoms. The monoisotopic (exact) mass is 424 g/mol. The van der Waals surface area contributed by atoms with Gasteiger partial charge in [0.2, 0.25) is 0 Å². The van der Waals surface area contributed by atoms with E-state index in [4.69, 9.17) is 4.74 Å². The molecule has 1 saturated heterocycles. The van der Waals surface area contributed by atoms with Crippen molar-refractivity contribution in [2.75, 3.05) is 32.2 Å². The smallest absolute Gasteiger partial charge is 0.340 e. The number of esters is 1. The second-order valence-electron chi connectivity index (χ2n) is 7.25. The molecule has 1 amide bonds. The van der Waals surface area contributed by atoms with Crippen LogP contribution in [0.15, 0.2) is 34.6 Å². The second kappa shape index (κ2) is 9.82. The minimum Gasteiger partial charge on any atom is -0.452 e. The van der Waals surface area contributed by atoms with Crippen LogP contribution in [0, 0.1) is 0 Å². The molecule has 1 aromatic rings. The van der Waals surface area contributed by atoms with Gasteiger partial charge in [-0.25, -0.2) is 13.2 Å². The van der Waals surface area contributed by atoms with Crippen molar-refractivity contribution in [2.24, 2.45) is 10.3 Å². The maximum atomic E-state index is 12.8. The maximum Gasteiger partial charge on any atom is 0.340 e. The molecule has 0 spiro atoms. The number of rotatable bonds is 8. The summed E-state index contributed by atoms with van der Waals surface area (Å²) in [6.07, 6.45) is 1.07. The molecule has 1 heterocycles. The first-order valence-corrected chi connectivity index (χ1v) is 11.3. The van der Waals surface area contributed by atoms with Gasteiger partial charge in [0.05, 0.1) is 17.1 Å². The van der Waals surface area contributed by atoms with E-state index in [9.17, 15) is 18.0 Å². The zero-order chi connectivity index (χ0) is 21.6. The molecular weight excluding hydrogens is 396 g/mol. The Labute approximate surface area is 171 Å². The summed E-state index contributed by atoms with van der Waals surface area (Å²) in [4.78, 5) is 26.8. The Morgan fingerprint density at radius 3 is 2.55 bits per heavy atom. The summed E-state index contributed by atoms with van der Waals surface area (Å²) in [7, 11) is 0.271. The van der Waals surface area contributed by atoms with Gasteiger partial charge >= 0.3 is 5.97 Å². The zero-order valence-electron chi connectivity index (χ0n) is 17.2. The van der Waals surface area contributed by atoms with Gasteiger partial charge < -0.3 is 9.64 Å². The molecule has 1 fully saturated rings. The number of carbonyl (C=O) groups is 2. The van der Waals surface area contributed by atoms with E-state index in [0.717, 1.165) is 0 Å². The van der Waals surface area contributed by atoms with Gasteiger partial charge in [-0.3, -0.25) is 9.80 Å². The highest BCUT2D eigenvalue weighted by atomic mass is 32.2. The molecule has 0 N–H and O–H groups in total. The predicted molar refractivity (Wildman–Crippen MR) is 109 cm³/mol. The molecular formula is C19H28N4O5S. The lowest BCUT2D eigenvalue weighted by Crippen LogP contribution is -2.48. The molecule has 2 rings (SSSR count). The van der Waals surface area contributed by atoms with Gasteiger partial charge in [-0.05, 0) is 31.9 Å². The molecule has 2 atom stereocenters. The average Bonchev–Trinajstić information content (AvgIpc) is 3.03. The van der Waals surface area contributed by atoms with Gasteiger partial charge in [0, 0.05) is 26.2 Å². The molecule has 9 nitrogen and oxygen atoms in total. The van der Waals surface area contributed by atoms with Crippen molar-refractivity contribution >= 4 is 27.4 Å². The number of hydrogen-bond donors (Lipinski definition) is 0. The first kappa shape index (κ1) is 22.8. The quantitative estimate of drug-likeness (QED) is 0.360. The summed E-state index contributed by atoms with van der Waals surface area (Å²) in [5, 5.41) is 9.37. The van der Waals surface area contributed by atoms with Crippen molar-refractivity contribution in [2.45, 2.75) is 38.8 Å². The highest BCUT2D eigenvalue weighted by molar-refractivity contribution is 7.91. The molecule has 1 aliphatic rings. The molecule has 0 saturated carbocycles. The van der Waals surface area contributed by atoms with E-state index in [1.54, 1.807) is 43.3 Å². The number of carbonyl (C=O) groups excluding carboxylic acids is 2. The lowest BCUT2D eigenvalue weighted by molar-refractivity contribution is -0.138. The van der Waals surface area contributed by atoms with Crippen LogP contribution in [0.1, 0.15) is 37.0 Å². The van der Waals surface area contributed by atoms with Crippen LogP contribution in [-0.4, -0.2) is 74.5 Å². The third-order valence-electron chi connectivity index (χ3n) is 4.74. The van der Waals surface area contributed by atoms with Crippen LogP contribution in [0.25, 0.3) is 0 Å². The molecule has 0 aromatic heterocycles. The molecule has 0 aliphatic carbocycles. The predicted octanol–water partition coefficient (Wildman–Crippen LogP) is 2.22. The molecule has 1 aromatic carbocycles. The van der Waals surface area contributed by atoms with Crippen molar-refractivity contribution in [3.05, 3.63) is 29.8 Å². The van der Waals surface area contributed by atoms with Crippen molar-refractivity contribution in [3.8, 4) is 0 Å². The van der Waals surface area contributed by atoms with E-state index < -0.39 is 28.3 Å². The summed E-state index contributed by atoms with van der Waals surface area (Å²) in [6, 6.07) is 6.02. The fourth-order valence-electron chi connectivity index (χ4n) is 3.15. The standard InChI is InChI=1S/C19H28N4O5S/c1-5-14(2)23(15-10-11-29(26,27)13-15)18(24)12-28-19(25)16-8-6-7-9-17(16)20-21-22(3)4/h6-9,14-15H,5,10-13H2,1-4H3/t14-,15-/m0/s1. The Balaban J connectivity index is 2.09. The first-order valence-electron chi connectivity index (χ1n) is 9.51. The maximum absolute atomic E-state index is 12.8. The number of ether oxygens (including phenoxy) is 1. The van der Waals surface area contributed by atoms with Crippen LogP contribution in [0.5, 0.6) is 0 Å². The summed E-state index contributed by atoms with van der Waals surface area (Å²) in [6.45, 7) is 3.33. The van der Waals surface area contributed by atoms with Crippen LogP contribution in [-0.2, 0) is 19.4 Å². The minimum atomic E-state index is -3.14. The Hall–Kier alpha value is -2.49. The fraction of sp³-hybridized carbons (Fsp3) is 0.579. The van der Waals surface area contributed by atoms with Crippen LogP contribution < -0.4 is 0 Å². The van der Waals surface area contributed by atoms with Crippen LogP contribution in [0.3, 0.4) is 0 Å². The van der Waals surface area contributed by atoms with Crippen LogP contribution in [0.4, 0.5) is 5.69 Å². The molecule has 29 heavy (non-hydrogen) atoms. The van der Waals surface area contributed by atoms with E-state index in [-0.39, 0.29) is 29.2 Å². The Kier molecular flexibility index (Phi) is 7.72. The van der Waals surface area contributed by atoms with Crippen LogP contribution in [0.2, 0.25) is 0 Å². The van der Waals surface area contributed by atoms with E-state index in [0.29, 0.717) is 18.5 Å². The molecule has 0 unspecified atom stereocenters. The van der Waals surface area contributed by atoms with E-state index in [1.807, 2.05) is 13.8 Å². The van der Waals surface area contributed by atoms with Crippen molar-refractivity contribution in [1.82, 2.24) is 9.91 Å². The third kappa shape index (κ3) is 6.25. The number of nitrogens with zero attached hydrogens (tertiary/aromatic N) is 4. The van der Waals surface area contributed by atoms with Gasteiger partial charge in [0.1, 0.15) is 5.69 Å². The van der Waals surface area contributed by atoms with Crippen LogP contribution >= 0.6 is 0 Å². The molecule has 10 heteroatoms. The van der Waals surface area contributed by atoms with Gasteiger partial charge in [0.15, 0.2) is 16.4 Å². The summed E-state index contributed by atoms with van der Waals surface area (Å²) < 4.78 is 28.9. The number of sulfone groups is 1. The van der Waals surface area contributed by atoms with Crippen molar-refractivity contribution in [1.29, 1.82) is 0 Å². The van der Waals surface area contributed by atoms with Gasteiger partial charge in [-0.2, -0.15) is 0 Å². The first-order chi connectivity index (χ1) is 13.6. The van der Waals surface area contributed by atoms with Crippen molar-refractivity contribution in [3.63, 3.8) is 0 Å². The normalized spacial score (nSPS) is 19.1. The molecule has 0 radical (unpaired) electrons. The number of benzene rings is 1. The molecule has 1 aliphatic heterocycles. The summed E-state index contributed by atoms with van der Waals surface area (Å²) in [5.41, 5.74) is 0.531. The Morgan fingerprint density at radius 1 is 1.28 bits per heavy atom. The Morgan fingerprint density at radius 2 is 1.97 bits per heavy atom. The number of hydrogen-bond acceptors (Lipinski definition) is 7. The van der Waals surface area contributed by atoms with E-state index in [1.165, 1.54) is 5.01 Å². The third-order valence-corrected chi connectivity index (χ3v) is 6.49. The van der Waals surface area contributed by atoms with Gasteiger partial charge in [0.25, 0.3) is 5.91 Å². The topological polar surface area (TPSA) is 109 Å². The summed E-state index contributed by atoms with van der Waals surface area (Å²) in [5.74, 6) is -1.07. The highest BCUT2D eigenvalue weighted by Crippen LogP contribution is 2.23. The van der Waals surface area contributed by atoms with E-state index >= 15 is 0 Å². The highest BCUT2D eigenvalue weighted by Gasteiger charge is 2.36. The SMILES string of the molecule is CC[C@H](C)N(C(=O)COC(=O)c1ccccc1N=NN(C)C)[C@H]1CCS(=O)(=O)C1. The number of amides is 1. The lowest BCUT2D eigenvalue weighted by atomic mass is 10.1. The Bertz CT molecular complexity index is 869. The largest absolute Gasteiger partial charge is 0.452 e. The average molecular weight is 425 g/mol. The van der Waals surface area contributed by atoms with Crippen molar-refractivity contribution < 1.29 is 22.7 Å². The fourth-order valence-corrected chi connectivity index (χ4v) is 4.86. The van der Waals surface area contributed by atoms with Gasteiger partial charge in [-0.1, -0.05) is 24.3 Å². The lowest BCUT2D eigenvalue weighted by Gasteiger charge is -2.33. The molecule has 160 valence electrons. The zero-order valence-corrected chi connectivity index (χ0v) is 18.1. The second-order valence-corrected chi connectivity index (χ2v) is 9.47.